The lowest BCUT2D eigenvalue weighted by molar-refractivity contribution is 0.0305. The summed E-state index contributed by atoms with van der Waals surface area (Å²) in [5.74, 6) is -0.955. The molecule has 1 aliphatic heterocycles. The van der Waals surface area contributed by atoms with Gasteiger partial charge in [-0.25, -0.2) is 13.2 Å². The minimum Gasteiger partial charge on any atom is -0.465 e. The number of benzene rings is 1. The molecule has 0 N–H and O–H groups in total. The van der Waals surface area contributed by atoms with E-state index in [1.165, 1.54) is 25.3 Å². The molecule has 7 heteroatoms. The molecule has 1 aromatic carbocycles. The van der Waals surface area contributed by atoms with Crippen molar-refractivity contribution >= 4 is 15.8 Å². The largest absolute Gasteiger partial charge is 0.465 e. The van der Waals surface area contributed by atoms with Gasteiger partial charge in [0.05, 0.1) is 41.1 Å². The van der Waals surface area contributed by atoms with Crippen LogP contribution in [0.5, 0.6) is 0 Å². The molecule has 0 aromatic heterocycles. The third-order valence-corrected chi connectivity index (χ3v) is 5.37. The lowest BCUT2D eigenvalue weighted by atomic mass is 10.1. The smallest absolute Gasteiger partial charge is 0.339 e. The second-order valence-electron chi connectivity index (χ2n) is 5.08. The number of hydrogen-bond acceptors (Lipinski definition) is 6. The summed E-state index contributed by atoms with van der Waals surface area (Å²) in [6.45, 7) is 0.553. The second-order valence-corrected chi connectivity index (χ2v) is 7.09. The van der Waals surface area contributed by atoms with Gasteiger partial charge in [0.25, 0.3) is 0 Å². The van der Waals surface area contributed by atoms with E-state index in [1.54, 1.807) is 0 Å². The van der Waals surface area contributed by atoms with Gasteiger partial charge in [-0.15, -0.1) is 0 Å². The molecule has 0 amide bonds. The summed E-state index contributed by atoms with van der Waals surface area (Å²) in [5, 5.41) is 8.90. The van der Waals surface area contributed by atoms with Gasteiger partial charge in [-0.1, -0.05) is 0 Å². The number of ether oxygens (including phenoxy) is 2. The van der Waals surface area contributed by atoms with E-state index in [-0.39, 0.29) is 27.9 Å². The van der Waals surface area contributed by atoms with Gasteiger partial charge in [-0.2, -0.15) is 5.26 Å². The molecule has 0 bridgehead atoms. The lowest BCUT2D eigenvalue weighted by Crippen LogP contribution is -2.28. The predicted octanol–water partition coefficient (Wildman–Crippen LogP) is 1.69. The minimum absolute atomic E-state index is 0.114. The highest BCUT2D eigenvalue weighted by molar-refractivity contribution is 7.91. The summed E-state index contributed by atoms with van der Waals surface area (Å²) in [5.41, 5.74) is 0.0885. The Hall–Kier alpha value is -1.91. The third-order valence-electron chi connectivity index (χ3n) is 3.53. The molecule has 1 atom stereocenters. The van der Waals surface area contributed by atoms with Gasteiger partial charge >= 0.3 is 5.97 Å². The standard InChI is InChI=1S/C15H17NO5S/c1-20-15(17)13-8-11(9-16)5-6-14(13)22(18,19)10-12-4-2-3-7-21-12/h5-6,8,12H,2-4,7,10H2,1H3. The Labute approximate surface area is 129 Å². The zero-order valence-corrected chi connectivity index (χ0v) is 13.1. The molecule has 118 valence electrons. The molecule has 1 aromatic rings. The number of carbonyl (C=O) groups is 1. The maximum Gasteiger partial charge on any atom is 0.339 e. The van der Waals surface area contributed by atoms with Crippen molar-refractivity contribution in [3.05, 3.63) is 29.3 Å². The summed E-state index contributed by atoms with van der Waals surface area (Å²) in [6.07, 6.45) is 2.18. The van der Waals surface area contributed by atoms with Gasteiger partial charge in [0, 0.05) is 6.61 Å². The van der Waals surface area contributed by atoms with Crippen LogP contribution in [0.15, 0.2) is 23.1 Å². The van der Waals surface area contributed by atoms with Crippen molar-refractivity contribution in [1.29, 1.82) is 5.26 Å². The first-order valence-corrected chi connectivity index (χ1v) is 8.60. The minimum atomic E-state index is -3.71. The van der Waals surface area contributed by atoms with Crippen molar-refractivity contribution < 1.29 is 22.7 Å². The van der Waals surface area contributed by atoms with E-state index in [1.807, 2.05) is 6.07 Å². The number of esters is 1. The SMILES string of the molecule is COC(=O)c1cc(C#N)ccc1S(=O)(=O)CC1CCCCO1. The van der Waals surface area contributed by atoms with Gasteiger partial charge in [-0.3, -0.25) is 0 Å². The molecule has 1 fully saturated rings. The number of hydrogen-bond donors (Lipinski definition) is 0. The molecule has 0 spiro atoms. The maximum absolute atomic E-state index is 12.6. The van der Waals surface area contributed by atoms with Crippen molar-refractivity contribution in [2.24, 2.45) is 0 Å². The molecule has 6 nitrogen and oxygen atoms in total. The van der Waals surface area contributed by atoms with Gasteiger partial charge < -0.3 is 9.47 Å². The molecular formula is C15H17NO5S. The van der Waals surface area contributed by atoms with Crippen LogP contribution >= 0.6 is 0 Å². The highest BCUT2D eigenvalue weighted by atomic mass is 32.2. The Balaban J connectivity index is 2.37. The van der Waals surface area contributed by atoms with Crippen LogP contribution in [-0.4, -0.2) is 40.0 Å². The van der Waals surface area contributed by atoms with Crippen LogP contribution in [0.3, 0.4) is 0 Å². The topological polar surface area (TPSA) is 93.5 Å². The van der Waals surface area contributed by atoms with Crippen LogP contribution in [0.4, 0.5) is 0 Å². The zero-order chi connectivity index (χ0) is 16.2. The average Bonchev–Trinajstić information content (AvgIpc) is 2.54. The molecule has 0 radical (unpaired) electrons. The summed E-state index contributed by atoms with van der Waals surface area (Å²) in [6, 6.07) is 5.77. The molecule has 1 heterocycles. The van der Waals surface area contributed by atoms with Crippen molar-refractivity contribution in [2.75, 3.05) is 19.5 Å². The van der Waals surface area contributed by atoms with Crippen LogP contribution in [0.1, 0.15) is 35.2 Å². The number of methoxy groups -OCH3 is 1. The lowest BCUT2D eigenvalue weighted by Gasteiger charge is -2.22. The van der Waals surface area contributed by atoms with E-state index in [0.717, 1.165) is 12.8 Å². The van der Waals surface area contributed by atoms with Gasteiger partial charge in [0.1, 0.15) is 0 Å². The van der Waals surface area contributed by atoms with Gasteiger partial charge in [0.2, 0.25) is 0 Å². The number of rotatable bonds is 4. The number of carbonyl (C=O) groups excluding carboxylic acids is 1. The van der Waals surface area contributed by atoms with E-state index in [9.17, 15) is 13.2 Å². The molecule has 1 aliphatic rings. The quantitative estimate of drug-likeness (QED) is 0.783. The van der Waals surface area contributed by atoms with Crippen LogP contribution in [0.2, 0.25) is 0 Å². The number of nitriles is 1. The van der Waals surface area contributed by atoms with E-state index in [0.29, 0.717) is 13.0 Å². The summed E-state index contributed by atoms with van der Waals surface area (Å²) in [4.78, 5) is 11.7. The summed E-state index contributed by atoms with van der Waals surface area (Å²) < 4.78 is 35.2. The Morgan fingerprint density at radius 1 is 1.45 bits per heavy atom. The van der Waals surface area contributed by atoms with Crippen molar-refractivity contribution in [2.45, 2.75) is 30.3 Å². The fourth-order valence-electron chi connectivity index (χ4n) is 2.41. The Morgan fingerprint density at radius 2 is 2.23 bits per heavy atom. The van der Waals surface area contributed by atoms with Crippen molar-refractivity contribution in [3.8, 4) is 6.07 Å². The summed E-state index contributed by atoms with van der Waals surface area (Å²) in [7, 11) is -2.54. The molecular weight excluding hydrogens is 306 g/mol. The van der Waals surface area contributed by atoms with Crippen molar-refractivity contribution in [1.82, 2.24) is 0 Å². The summed E-state index contributed by atoms with van der Waals surface area (Å²) >= 11 is 0. The van der Waals surface area contributed by atoms with Crippen LogP contribution in [0, 0.1) is 11.3 Å². The fraction of sp³-hybridized carbons (Fsp3) is 0.467. The first kappa shape index (κ1) is 16.5. The number of nitrogens with zero attached hydrogens (tertiary/aromatic N) is 1. The zero-order valence-electron chi connectivity index (χ0n) is 12.2. The molecule has 1 unspecified atom stereocenters. The second kappa shape index (κ2) is 6.90. The third kappa shape index (κ3) is 3.64. The van der Waals surface area contributed by atoms with E-state index in [2.05, 4.69) is 4.74 Å². The molecule has 0 aliphatic carbocycles. The Bertz CT molecular complexity index is 699. The first-order valence-electron chi connectivity index (χ1n) is 6.95. The molecule has 2 rings (SSSR count). The van der Waals surface area contributed by atoms with E-state index in [4.69, 9.17) is 10.00 Å². The highest BCUT2D eigenvalue weighted by Gasteiger charge is 2.28. The van der Waals surface area contributed by atoms with E-state index >= 15 is 0 Å². The molecule has 22 heavy (non-hydrogen) atoms. The fourth-order valence-corrected chi connectivity index (χ4v) is 4.10. The van der Waals surface area contributed by atoms with Crippen LogP contribution in [0.25, 0.3) is 0 Å². The molecule has 1 saturated heterocycles. The monoisotopic (exact) mass is 323 g/mol. The Morgan fingerprint density at radius 3 is 2.82 bits per heavy atom. The maximum atomic E-state index is 12.6. The van der Waals surface area contributed by atoms with Gasteiger partial charge in [-0.05, 0) is 37.5 Å². The average molecular weight is 323 g/mol. The van der Waals surface area contributed by atoms with Gasteiger partial charge in [0.15, 0.2) is 9.84 Å². The van der Waals surface area contributed by atoms with E-state index < -0.39 is 15.8 Å². The van der Waals surface area contributed by atoms with Crippen molar-refractivity contribution in [3.63, 3.8) is 0 Å². The number of sulfone groups is 1. The highest BCUT2D eigenvalue weighted by Crippen LogP contribution is 2.23. The predicted molar refractivity (Wildman–Crippen MR) is 78.1 cm³/mol. The Kier molecular flexibility index (Phi) is 5.16. The normalized spacial score (nSPS) is 18.5. The van der Waals surface area contributed by atoms with Crippen LogP contribution < -0.4 is 0 Å². The van der Waals surface area contributed by atoms with Crippen LogP contribution in [-0.2, 0) is 19.3 Å². The molecule has 0 saturated carbocycles. The first-order chi connectivity index (χ1) is 10.5.